The highest BCUT2D eigenvalue weighted by molar-refractivity contribution is 5.76. The van der Waals surface area contributed by atoms with Crippen LogP contribution in [0.5, 0.6) is 0 Å². The van der Waals surface area contributed by atoms with Crippen molar-refractivity contribution in [1.82, 2.24) is 15.5 Å². The van der Waals surface area contributed by atoms with Crippen molar-refractivity contribution < 1.29 is 9.32 Å². The van der Waals surface area contributed by atoms with Crippen molar-refractivity contribution in [1.29, 1.82) is 5.26 Å². The van der Waals surface area contributed by atoms with Gasteiger partial charge in [0.2, 0.25) is 11.8 Å². The van der Waals surface area contributed by atoms with Crippen LogP contribution in [0.4, 0.5) is 0 Å². The summed E-state index contributed by atoms with van der Waals surface area (Å²) in [6, 6.07) is 9.44. The molecule has 0 atom stereocenters. The Balaban J connectivity index is 1.71. The number of rotatable bonds is 6. The zero-order valence-electron chi connectivity index (χ0n) is 14.3. The molecule has 1 aromatic carbocycles. The van der Waals surface area contributed by atoms with E-state index >= 15 is 0 Å². The summed E-state index contributed by atoms with van der Waals surface area (Å²) in [7, 11) is 0. The maximum absolute atomic E-state index is 11.9. The number of hydrogen-bond acceptors (Lipinski definition) is 5. The predicted molar refractivity (Wildman–Crippen MR) is 89.2 cm³/mol. The van der Waals surface area contributed by atoms with E-state index in [0.29, 0.717) is 36.7 Å². The Morgan fingerprint density at radius 3 is 2.54 bits per heavy atom. The van der Waals surface area contributed by atoms with Crippen molar-refractivity contribution in [2.45, 2.75) is 45.4 Å². The molecule has 2 rings (SSSR count). The highest BCUT2D eigenvalue weighted by atomic mass is 16.5. The lowest BCUT2D eigenvalue weighted by molar-refractivity contribution is -0.121. The molecule has 0 aliphatic heterocycles. The van der Waals surface area contributed by atoms with E-state index in [4.69, 9.17) is 9.78 Å². The molecule has 0 aliphatic rings. The summed E-state index contributed by atoms with van der Waals surface area (Å²) in [5.41, 5.74) is 1.56. The smallest absolute Gasteiger partial charge is 0.227 e. The lowest BCUT2D eigenvalue weighted by Gasteiger charge is -2.10. The van der Waals surface area contributed by atoms with E-state index in [1.54, 1.807) is 12.1 Å². The van der Waals surface area contributed by atoms with Gasteiger partial charge < -0.3 is 9.84 Å². The van der Waals surface area contributed by atoms with Gasteiger partial charge in [0.25, 0.3) is 0 Å². The molecule has 2 aromatic rings. The number of hydrogen-bond donors (Lipinski definition) is 1. The second-order valence-electron chi connectivity index (χ2n) is 6.67. The van der Waals surface area contributed by atoms with Gasteiger partial charge in [-0.2, -0.15) is 10.2 Å². The standard InChI is InChI=1S/C18H22N4O2/c1-18(2,3)17-21-16(24-22-17)9-8-15(23)20-11-10-13-4-6-14(12-19)7-5-13/h4-7H,8-11H2,1-3H3,(H,20,23). The Labute approximate surface area is 141 Å². The van der Waals surface area contributed by atoms with Crippen molar-refractivity contribution in [2.24, 2.45) is 0 Å². The van der Waals surface area contributed by atoms with Crippen molar-refractivity contribution in [3.8, 4) is 6.07 Å². The lowest BCUT2D eigenvalue weighted by atomic mass is 9.96. The molecule has 1 aromatic heterocycles. The van der Waals surface area contributed by atoms with Gasteiger partial charge in [0.1, 0.15) is 0 Å². The molecular formula is C18H22N4O2. The molecule has 1 heterocycles. The molecule has 0 unspecified atom stereocenters. The number of benzene rings is 1. The zero-order valence-corrected chi connectivity index (χ0v) is 14.3. The number of carbonyl (C=O) groups is 1. The largest absolute Gasteiger partial charge is 0.356 e. The number of aromatic nitrogens is 2. The Morgan fingerprint density at radius 2 is 1.96 bits per heavy atom. The molecule has 0 saturated heterocycles. The van der Waals surface area contributed by atoms with Gasteiger partial charge in [-0.15, -0.1) is 0 Å². The van der Waals surface area contributed by atoms with Gasteiger partial charge in [-0.1, -0.05) is 38.1 Å². The third-order valence-corrected chi connectivity index (χ3v) is 3.52. The average Bonchev–Trinajstić information content (AvgIpc) is 3.03. The molecule has 1 amide bonds. The maximum Gasteiger partial charge on any atom is 0.227 e. The van der Waals surface area contributed by atoms with E-state index in [-0.39, 0.29) is 11.3 Å². The number of nitrogens with one attached hydrogen (secondary N) is 1. The summed E-state index contributed by atoms with van der Waals surface area (Å²) in [5.74, 6) is 1.10. The summed E-state index contributed by atoms with van der Waals surface area (Å²) in [5, 5.41) is 15.6. The Kier molecular flexibility index (Phi) is 5.69. The van der Waals surface area contributed by atoms with Crippen LogP contribution >= 0.6 is 0 Å². The van der Waals surface area contributed by atoms with E-state index in [2.05, 4.69) is 21.5 Å². The molecule has 0 bridgehead atoms. The highest BCUT2D eigenvalue weighted by Crippen LogP contribution is 2.18. The fourth-order valence-corrected chi connectivity index (χ4v) is 2.06. The summed E-state index contributed by atoms with van der Waals surface area (Å²) >= 11 is 0. The van der Waals surface area contributed by atoms with E-state index < -0.39 is 0 Å². The Hall–Kier alpha value is -2.68. The SMILES string of the molecule is CC(C)(C)c1noc(CCC(=O)NCCc2ccc(C#N)cc2)n1. The minimum absolute atomic E-state index is 0.0425. The quantitative estimate of drug-likeness (QED) is 0.880. The first-order chi connectivity index (χ1) is 11.4. The molecule has 24 heavy (non-hydrogen) atoms. The Morgan fingerprint density at radius 1 is 1.25 bits per heavy atom. The predicted octanol–water partition coefficient (Wildman–Crippen LogP) is 2.53. The zero-order chi connectivity index (χ0) is 17.6. The number of nitrogens with zero attached hydrogens (tertiary/aromatic N) is 3. The first-order valence-corrected chi connectivity index (χ1v) is 7.97. The summed E-state index contributed by atoms with van der Waals surface area (Å²) in [6.45, 7) is 6.59. The van der Waals surface area contributed by atoms with Gasteiger partial charge in [-0.05, 0) is 24.1 Å². The van der Waals surface area contributed by atoms with Crippen LogP contribution in [0.25, 0.3) is 0 Å². The van der Waals surface area contributed by atoms with Crippen LogP contribution in [0.15, 0.2) is 28.8 Å². The Bertz CT molecular complexity index is 721. The van der Waals surface area contributed by atoms with Crippen LogP contribution in [-0.2, 0) is 23.1 Å². The summed E-state index contributed by atoms with van der Waals surface area (Å²) in [4.78, 5) is 16.2. The van der Waals surface area contributed by atoms with Gasteiger partial charge in [0.05, 0.1) is 11.6 Å². The molecule has 0 saturated carbocycles. The molecule has 6 nitrogen and oxygen atoms in total. The molecule has 6 heteroatoms. The van der Waals surface area contributed by atoms with Crippen molar-refractivity contribution in [3.05, 3.63) is 47.1 Å². The number of nitriles is 1. The van der Waals surface area contributed by atoms with E-state index in [1.807, 2.05) is 32.9 Å². The van der Waals surface area contributed by atoms with Crippen LogP contribution in [0.3, 0.4) is 0 Å². The van der Waals surface area contributed by atoms with Crippen molar-refractivity contribution in [2.75, 3.05) is 6.54 Å². The first-order valence-electron chi connectivity index (χ1n) is 7.97. The summed E-state index contributed by atoms with van der Waals surface area (Å²) in [6.07, 6.45) is 1.48. The van der Waals surface area contributed by atoms with E-state index in [9.17, 15) is 4.79 Å². The molecule has 1 N–H and O–H groups in total. The molecule has 0 spiro atoms. The normalized spacial score (nSPS) is 11.1. The summed E-state index contributed by atoms with van der Waals surface area (Å²) < 4.78 is 5.17. The van der Waals surface area contributed by atoms with E-state index in [0.717, 1.165) is 12.0 Å². The van der Waals surface area contributed by atoms with Gasteiger partial charge in [0.15, 0.2) is 5.82 Å². The van der Waals surface area contributed by atoms with Crippen molar-refractivity contribution in [3.63, 3.8) is 0 Å². The van der Waals surface area contributed by atoms with Crippen LogP contribution in [0, 0.1) is 11.3 Å². The lowest BCUT2D eigenvalue weighted by Crippen LogP contribution is -2.25. The molecule has 0 radical (unpaired) electrons. The minimum atomic E-state index is -0.162. The average molecular weight is 326 g/mol. The van der Waals surface area contributed by atoms with Crippen LogP contribution in [0.1, 0.15) is 50.0 Å². The third kappa shape index (κ3) is 5.20. The van der Waals surface area contributed by atoms with Crippen LogP contribution < -0.4 is 5.32 Å². The fraction of sp³-hybridized carbons (Fsp3) is 0.444. The number of carbonyl (C=O) groups excluding carboxylic acids is 1. The minimum Gasteiger partial charge on any atom is -0.356 e. The van der Waals surface area contributed by atoms with Crippen molar-refractivity contribution >= 4 is 5.91 Å². The van der Waals surface area contributed by atoms with E-state index in [1.165, 1.54) is 0 Å². The van der Waals surface area contributed by atoms with Crippen LogP contribution in [0.2, 0.25) is 0 Å². The second kappa shape index (κ2) is 7.73. The third-order valence-electron chi connectivity index (χ3n) is 3.52. The molecule has 126 valence electrons. The van der Waals surface area contributed by atoms with Crippen LogP contribution in [-0.4, -0.2) is 22.6 Å². The van der Waals surface area contributed by atoms with Gasteiger partial charge in [-0.25, -0.2) is 0 Å². The molecular weight excluding hydrogens is 304 g/mol. The number of aryl methyl sites for hydroxylation is 1. The number of amides is 1. The topological polar surface area (TPSA) is 91.8 Å². The molecule has 0 fully saturated rings. The van der Waals surface area contributed by atoms with Gasteiger partial charge >= 0.3 is 0 Å². The molecule has 0 aliphatic carbocycles. The van der Waals surface area contributed by atoms with Gasteiger partial charge in [0, 0.05) is 24.8 Å². The first kappa shape index (κ1) is 17.7. The van der Waals surface area contributed by atoms with Gasteiger partial charge in [-0.3, -0.25) is 4.79 Å². The monoisotopic (exact) mass is 326 g/mol. The highest BCUT2D eigenvalue weighted by Gasteiger charge is 2.21. The maximum atomic E-state index is 11.9. The fourth-order valence-electron chi connectivity index (χ4n) is 2.06. The second-order valence-corrected chi connectivity index (χ2v) is 6.67.